The van der Waals surface area contributed by atoms with Crippen LogP contribution in [0.1, 0.15) is 44.2 Å². The molecule has 1 atom stereocenters. The predicted octanol–water partition coefficient (Wildman–Crippen LogP) is 3.17. The molecule has 1 heterocycles. The molecule has 1 aromatic carbocycles. The third-order valence-corrected chi connectivity index (χ3v) is 4.97. The number of hydrogen-bond donors (Lipinski definition) is 3. The number of hydrogen-bond acceptors (Lipinski definition) is 3. The summed E-state index contributed by atoms with van der Waals surface area (Å²) in [6, 6.07) is 12.0. The minimum Gasteiger partial charge on any atom is -0.396 e. The van der Waals surface area contributed by atoms with Crippen LogP contribution in [0.25, 0.3) is 0 Å². The second-order valence-electron chi connectivity index (χ2n) is 6.77. The molecule has 6 nitrogen and oxygen atoms in total. The largest absolute Gasteiger partial charge is 0.396 e. The van der Waals surface area contributed by atoms with Gasteiger partial charge in [0.05, 0.1) is 6.04 Å². The molecule has 25 heavy (non-hydrogen) atoms. The molecule has 1 aliphatic rings. The molecule has 3 N–H and O–H groups in total. The molecule has 0 bridgehead atoms. The SMILES string of the molecule is CC(c1ccccc1)n1ccc(NC(=O)NC2CCC(CO)CC2)n1. The molecule has 6 heteroatoms. The number of urea groups is 1. The van der Waals surface area contributed by atoms with E-state index in [1.54, 1.807) is 0 Å². The number of carbonyl (C=O) groups excluding carboxylic acids is 1. The highest BCUT2D eigenvalue weighted by molar-refractivity contribution is 5.88. The van der Waals surface area contributed by atoms with Crippen molar-refractivity contribution in [3.63, 3.8) is 0 Å². The van der Waals surface area contributed by atoms with Crippen molar-refractivity contribution in [3.05, 3.63) is 48.2 Å². The lowest BCUT2D eigenvalue weighted by atomic mass is 9.87. The van der Waals surface area contributed by atoms with E-state index in [4.69, 9.17) is 0 Å². The Labute approximate surface area is 148 Å². The number of carbonyl (C=O) groups is 1. The van der Waals surface area contributed by atoms with Crippen LogP contribution in [0.2, 0.25) is 0 Å². The number of aromatic nitrogens is 2. The summed E-state index contributed by atoms with van der Waals surface area (Å²) in [5.74, 6) is 0.931. The number of aliphatic hydroxyl groups excluding tert-OH is 1. The highest BCUT2D eigenvalue weighted by Gasteiger charge is 2.22. The summed E-state index contributed by atoms with van der Waals surface area (Å²) in [7, 11) is 0. The monoisotopic (exact) mass is 342 g/mol. The Hall–Kier alpha value is -2.34. The lowest BCUT2D eigenvalue weighted by molar-refractivity contribution is 0.176. The van der Waals surface area contributed by atoms with E-state index < -0.39 is 0 Å². The first-order valence-electron chi connectivity index (χ1n) is 8.94. The van der Waals surface area contributed by atoms with Crippen LogP contribution in [0.15, 0.2) is 42.6 Å². The van der Waals surface area contributed by atoms with E-state index in [0.717, 1.165) is 25.7 Å². The Morgan fingerprint density at radius 1 is 1.24 bits per heavy atom. The molecule has 1 unspecified atom stereocenters. The normalized spacial score (nSPS) is 21.5. The highest BCUT2D eigenvalue weighted by Crippen LogP contribution is 2.23. The quantitative estimate of drug-likeness (QED) is 0.781. The van der Waals surface area contributed by atoms with Crippen LogP contribution in [-0.4, -0.2) is 33.6 Å². The molecular formula is C19H26N4O2. The van der Waals surface area contributed by atoms with Crippen LogP contribution in [-0.2, 0) is 0 Å². The number of rotatable bonds is 5. The van der Waals surface area contributed by atoms with Crippen molar-refractivity contribution in [1.82, 2.24) is 15.1 Å². The molecule has 1 fully saturated rings. The van der Waals surface area contributed by atoms with Gasteiger partial charge in [-0.2, -0.15) is 5.10 Å². The second kappa shape index (κ2) is 8.16. The molecule has 0 spiro atoms. The molecule has 0 saturated heterocycles. The van der Waals surface area contributed by atoms with Gasteiger partial charge in [-0.05, 0) is 44.1 Å². The molecule has 0 aliphatic heterocycles. The second-order valence-corrected chi connectivity index (χ2v) is 6.77. The molecule has 1 saturated carbocycles. The summed E-state index contributed by atoms with van der Waals surface area (Å²) in [5, 5.41) is 19.4. The van der Waals surface area contributed by atoms with Gasteiger partial charge in [-0.1, -0.05) is 30.3 Å². The van der Waals surface area contributed by atoms with Crippen molar-refractivity contribution in [3.8, 4) is 0 Å². The van der Waals surface area contributed by atoms with Crippen LogP contribution in [0.4, 0.5) is 10.6 Å². The summed E-state index contributed by atoms with van der Waals surface area (Å²) in [6.07, 6.45) is 5.63. The summed E-state index contributed by atoms with van der Waals surface area (Å²) < 4.78 is 1.84. The van der Waals surface area contributed by atoms with E-state index in [1.807, 2.05) is 35.1 Å². The van der Waals surface area contributed by atoms with E-state index in [0.29, 0.717) is 11.7 Å². The van der Waals surface area contributed by atoms with Crippen molar-refractivity contribution in [2.45, 2.75) is 44.7 Å². The highest BCUT2D eigenvalue weighted by atomic mass is 16.3. The zero-order valence-corrected chi connectivity index (χ0v) is 14.6. The topological polar surface area (TPSA) is 79.2 Å². The summed E-state index contributed by atoms with van der Waals surface area (Å²) in [4.78, 5) is 12.2. The minimum absolute atomic E-state index is 0.105. The smallest absolute Gasteiger partial charge is 0.320 e. The Morgan fingerprint density at radius 2 is 1.96 bits per heavy atom. The number of benzene rings is 1. The summed E-state index contributed by atoms with van der Waals surface area (Å²) in [6.45, 7) is 2.32. The third kappa shape index (κ3) is 4.60. The van der Waals surface area contributed by atoms with Crippen LogP contribution in [0.5, 0.6) is 0 Å². The maximum atomic E-state index is 12.2. The van der Waals surface area contributed by atoms with Gasteiger partial charge < -0.3 is 10.4 Å². The van der Waals surface area contributed by atoms with Crippen molar-refractivity contribution < 1.29 is 9.90 Å². The van der Waals surface area contributed by atoms with Crippen LogP contribution < -0.4 is 10.6 Å². The maximum Gasteiger partial charge on any atom is 0.320 e. The number of nitrogens with zero attached hydrogens (tertiary/aromatic N) is 2. The van der Waals surface area contributed by atoms with Gasteiger partial charge in [-0.25, -0.2) is 4.79 Å². The van der Waals surface area contributed by atoms with Crippen molar-refractivity contribution >= 4 is 11.8 Å². The first kappa shape index (κ1) is 17.5. The molecule has 3 rings (SSSR count). The van der Waals surface area contributed by atoms with Gasteiger partial charge >= 0.3 is 6.03 Å². The fraction of sp³-hybridized carbons (Fsp3) is 0.474. The molecule has 134 valence electrons. The van der Waals surface area contributed by atoms with E-state index in [2.05, 4.69) is 34.8 Å². The van der Waals surface area contributed by atoms with Crippen molar-refractivity contribution in [1.29, 1.82) is 0 Å². The summed E-state index contributed by atoms with van der Waals surface area (Å²) >= 11 is 0. The van der Waals surface area contributed by atoms with E-state index in [9.17, 15) is 9.90 Å². The fourth-order valence-electron chi connectivity index (χ4n) is 3.33. The minimum atomic E-state index is -0.218. The number of amides is 2. The zero-order valence-electron chi connectivity index (χ0n) is 14.6. The van der Waals surface area contributed by atoms with Gasteiger partial charge in [0.1, 0.15) is 0 Å². The van der Waals surface area contributed by atoms with Crippen LogP contribution >= 0.6 is 0 Å². The van der Waals surface area contributed by atoms with E-state index in [1.165, 1.54) is 5.56 Å². The first-order valence-corrected chi connectivity index (χ1v) is 8.94. The predicted molar refractivity (Wildman–Crippen MR) is 97.5 cm³/mol. The molecule has 1 aliphatic carbocycles. The number of anilines is 1. The van der Waals surface area contributed by atoms with Gasteiger partial charge in [0, 0.05) is 24.9 Å². The molecule has 2 amide bonds. The van der Waals surface area contributed by atoms with Crippen molar-refractivity contribution in [2.24, 2.45) is 5.92 Å². The van der Waals surface area contributed by atoms with Crippen LogP contribution in [0, 0.1) is 5.92 Å². The summed E-state index contributed by atoms with van der Waals surface area (Å²) in [5.41, 5.74) is 1.17. The van der Waals surface area contributed by atoms with E-state index >= 15 is 0 Å². The Balaban J connectivity index is 1.52. The Bertz CT molecular complexity index is 678. The van der Waals surface area contributed by atoms with Gasteiger partial charge in [0.15, 0.2) is 5.82 Å². The van der Waals surface area contributed by atoms with Gasteiger partial charge in [0.2, 0.25) is 0 Å². The molecule has 2 aromatic rings. The van der Waals surface area contributed by atoms with Crippen molar-refractivity contribution in [2.75, 3.05) is 11.9 Å². The average molecular weight is 342 g/mol. The zero-order chi connectivity index (χ0) is 17.6. The molecule has 1 aromatic heterocycles. The van der Waals surface area contributed by atoms with Gasteiger partial charge in [-0.3, -0.25) is 10.00 Å². The third-order valence-electron chi connectivity index (χ3n) is 4.97. The molecular weight excluding hydrogens is 316 g/mol. The lowest BCUT2D eigenvalue weighted by Crippen LogP contribution is -2.40. The average Bonchev–Trinajstić information content (AvgIpc) is 3.10. The molecule has 0 radical (unpaired) electrons. The first-order chi connectivity index (χ1) is 12.2. The van der Waals surface area contributed by atoms with Crippen LogP contribution in [0.3, 0.4) is 0 Å². The Kier molecular flexibility index (Phi) is 5.71. The fourth-order valence-corrected chi connectivity index (χ4v) is 3.33. The number of aliphatic hydroxyl groups is 1. The number of nitrogens with one attached hydrogen (secondary N) is 2. The lowest BCUT2D eigenvalue weighted by Gasteiger charge is -2.27. The maximum absolute atomic E-state index is 12.2. The standard InChI is InChI=1S/C19H26N4O2/c1-14(16-5-3-2-4-6-16)23-12-11-18(22-23)21-19(25)20-17-9-7-15(13-24)8-10-17/h2-6,11-12,14-15,17,24H,7-10,13H2,1H3,(H2,20,21,22,25). The van der Waals surface area contributed by atoms with E-state index in [-0.39, 0.29) is 24.7 Å². The van der Waals surface area contributed by atoms with Gasteiger partial charge in [-0.15, -0.1) is 0 Å². The Morgan fingerprint density at radius 3 is 2.64 bits per heavy atom. The van der Waals surface area contributed by atoms with Gasteiger partial charge in [0.25, 0.3) is 0 Å².